The number of ether oxygens (including phenoxy) is 1. The van der Waals surface area contributed by atoms with E-state index >= 15 is 0 Å². The van der Waals surface area contributed by atoms with Gasteiger partial charge in [0.1, 0.15) is 11.9 Å². The molecule has 0 bridgehead atoms. The van der Waals surface area contributed by atoms with Gasteiger partial charge >= 0.3 is 0 Å². The van der Waals surface area contributed by atoms with Crippen molar-refractivity contribution in [1.29, 1.82) is 0 Å². The second kappa shape index (κ2) is 5.81. The summed E-state index contributed by atoms with van der Waals surface area (Å²) >= 11 is 0. The molecule has 2 N–H and O–H groups in total. The number of aromatic amines is 1. The summed E-state index contributed by atoms with van der Waals surface area (Å²) in [7, 11) is 0. The third kappa shape index (κ3) is 2.80. The van der Waals surface area contributed by atoms with E-state index in [2.05, 4.69) is 26.6 Å². The molecule has 3 heterocycles. The van der Waals surface area contributed by atoms with E-state index in [9.17, 15) is 4.79 Å². The Hall–Kier alpha value is -2.73. The zero-order chi connectivity index (χ0) is 15.6. The van der Waals surface area contributed by atoms with Crippen LogP contribution in [-0.4, -0.2) is 33.8 Å². The van der Waals surface area contributed by atoms with E-state index < -0.39 is 0 Å². The van der Waals surface area contributed by atoms with Gasteiger partial charge in [0.05, 0.1) is 6.20 Å². The Morgan fingerprint density at radius 2 is 2.17 bits per heavy atom. The Morgan fingerprint density at radius 3 is 2.96 bits per heavy atom. The van der Waals surface area contributed by atoms with Crippen LogP contribution in [0.4, 0.5) is 5.82 Å². The summed E-state index contributed by atoms with van der Waals surface area (Å²) < 4.78 is 5.39. The lowest BCUT2D eigenvalue weighted by Crippen LogP contribution is -2.27. The number of amides is 1. The molecule has 0 radical (unpaired) electrons. The van der Waals surface area contributed by atoms with Gasteiger partial charge in [-0.05, 0) is 35.9 Å². The molecule has 4 rings (SSSR count). The van der Waals surface area contributed by atoms with Crippen LogP contribution in [0.15, 0.2) is 42.9 Å². The first kappa shape index (κ1) is 13.9. The summed E-state index contributed by atoms with van der Waals surface area (Å²) in [5.74, 6) is 0.419. The van der Waals surface area contributed by atoms with Gasteiger partial charge in [-0.2, -0.15) is 5.10 Å². The Morgan fingerprint density at radius 1 is 1.22 bits per heavy atom. The number of carbonyl (C=O) groups is 1. The van der Waals surface area contributed by atoms with Gasteiger partial charge in [-0.25, -0.2) is 4.98 Å². The third-order valence-corrected chi connectivity index (χ3v) is 4.03. The summed E-state index contributed by atoms with van der Waals surface area (Å²) in [5, 5.41) is 11.7. The number of carbonyl (C=O) groups excluding carboxylic acids is 1. The number of nitrogens with one attached hydrogen (secondary N) is 2. The average Bonchev–Trinajstić information content (AvgIpc) is 3.27. The number of fused-ring (bicyclic) bond motifs is 1. The predicted molar refractivity (Wildman–Crippen MR) is 86.9 cm³/mol. The maximum atomic E-state index is 12.1. The van der Waals surface area contributed by atoms with E-state index in [4.69, 9.17) is 4.74 Å². The lowest BCUT2D eigenvalue weighted by molar-refractivity contribution is -0.124. The average molecular weight is 308 g/mol. The standard InChI is InChI=1S/C17H16N4O2/c22-17(15-2-1-5-23-15)21-16-7-13-6-11(14-9-19-20-10-14)3-4-12(13)8-18-16/h3-4,6-10,15H,1-2,5H2,(H,19,20)(H,18,21,22). The van der Waals surface area contributed by atoms with Gasteiger partial charge in [-0.1, -0.05) is 12.1 Å². The molecule has 116 valence electrons. The zero-order valence-electron chi connectivity index (χ0n) is 12.5. The van der Waals surface area contributed by atoms with Crippen LogP contribution in [0.5, 0.6) is 0 Å². The highest BCUT2D eigenvalue weighted by Crippen LogP contribution is 2.25. The summed E-state index contributed by atoms with van der Waals surface area (Å²) in [6.45, 7) is 0.650. The molecule has 6 heteroatoms. The van der Waals surface area contributed by atoms with Crippen LogP contribution in [0.2, 0.25) is 0 Å². The van der Waals surface area contributed by atoms with E-state index in [1.54, 1.807) is 12.4 Å². The van der Waals surface area contributed by atoms with Crippen LogP contribution in [-0.2, 0) is 9.53 Å². The number of nitrogens with zero attached hydrogens (tertiary/aromatic N) is 2. The fourth-order valence-corrected chi connectivity index (χ4v) is 2.79. The third-order valence-electron chi connectivity index (χ3n) is 4.03. The molecule has 1 unspecified atom stereocenters. The van der Waals surface area contributed by atoms with E-state index in [0.717, 1.165) is 34.7 Å². The zero-order valence-corrected chi connectivity index (χ0v) is 12.5. The predicted octanol–water partition coefficient (Wildman–Crippen LogP) is 2.74. The first-order chi connectivity index (χ1) is 11.3. The summed E-state index contributed by atoms with van der Waals surface area (Å²) in [5.41, 5.74) is 2.09. The number of H-pyrrole nitrogens is 1. The van der Waals surface area contributed by atoms with Gasteiger partial charge in [-0.15, -0.1) is 0 Å². The van der Waals surface area contributed by atoms with Crippen molar-refractivity contribution in [2.45, 2.75) is 18.9 Å². The molecule has 1 aliphatic heterocycles. The number of hydrogen-bond acceptors (Lipinski definition) is 4. The summed E-state index contributed by atoms with van der Waals surface area (Å²) in [6, 6.07) is 7.98. The normalized spacial score (nSPS) is 17.5. The van der Waals surface area contributed by atoms with Crippen molar-refractivity contribution in [3.05, 3.63) is 42.9 Å². The first-order valence-electron chi connectivity index (χ1n) is 7.61. The van der Waals surface area contributed by atoms with Crippen molar-refractivity contribution in [3.63, 3.8) is 0 Å². The highest BCUT2D eigenvalue weighted by Gasteiger charge is 2.23. The maximum Gasteiger partial charge on any atom is 0.254 e. The van der Waals surface area contributed by atoms with Crippen molar-refractivity contribution in [2.75, 3.05) is 11.9 Å². The molecule has 2 aromatic heterocycles. The second-order valence-electron chi connectivity index (χ2n) is 5.61. The van der Waals surface area contributed by atoms with Crippen LogP contribution in [0.25, 0.3) is 21.9 Å². The highest BCUT2D eigenvalue weighted by molar-refractivity contribution is 5.96. The molecular formula is C17H16N4O2. The van der Waals surface area contributed by atoms with Gasteiger partial charge in [-0.3, -0.25) is 9.89 Å². The van der Waals surface area contributed by atoms with E-state index in [0.29, 0.717) is 12.4 Å². The molecule has 1 aromatic carbocycles. The molecule has 6 nitrogen and oxygen atoms in total. The minimum absolute atomic E-state index is 0.125. The quantitative estimate of drug-likeness (QED) is 0.779. The van der Waals surface area contributed by atoms with Crippen molar-refractivity contribution < 1.29 is 9.53 Å². The van der Waals surface area contributed by atoms with Gasteiger partial charge in [0.25, 0.3) is 5.91 Å². The van der Waals surface area contributed by atoms with Gasteiger partial charge < -0.3 is 10.1 Å². The van der Waals surface area contributed by atoms with Gasteiger partial charge in [0.2, 0.25) is 0 Å². The second-order valence-corrected chi connectivity index (χ2v) is 5.61. The number of aromatic nitrogens is 3. The highest BCUT2D eigenvalue weighted by atomic mass is 16.5. The molecule has 1 fully saturated rings. The Balaban J connectivity index is 1.62. The fraction of sp³-hybridized carbons (Fsp3) is 0.235. The molecule has 1 atom stereocenters. The van der Waals surface area contributed by atoms with Crippen molar-refractivity contribution >= 4 is 22.5 Å². The maximum absolute atomic E-state index is 12.1. The molecule has 23 heavy (non-hydrogen) atoms. The minimum atomic E-state index is -0.357. The van der Waals surface area contributed by atoms with Crippen LogP contribution < -0.4 is 5.32 Å². The van der Waals surface area contributed by atoms with E-state index in [1.165, 1.54) is 0 Å². The topological polar surface area (TPSA) is 79.9 Å². The molecule has 3 aromatic rings. The van der Waals surface area contributed by atoms with Crippen molar-refractivity contribution in [3.8, 4) is 11.1 Å². The van der Waals surface area contributed by atoms with E-state index in [1.807, 2.05) is 24.4 Å². The molecule has 1 saturated heterocycles. The molecule has 1 aliphatic rings. The van der Waals surface area contributed by atoms with Crippen LogP contribution in [0.3, 0.4) is 0 Å². The lowest BCUT2D eigenvalue weighted by Gasteiger charge is -2.10. The molecule has 0 aliphatic carbocycles. The van der Waals surface area contributed by atoms with Crippen LogP contribution in [0.1, 0.15) is 12.8 Å². The summed E-state index contributed by atoms with van der Waals surface area (Å²) in [4.78, 5) is 16.4. The molecular weight excluding hydrogens is 292 g/mol. The minimum Gasteiger partial charge on any atom is -0.368 e. The number of benzene rings is 1. The van der Waals surface area contributed by atoms with Crippen molar-refractivity contribution in [1.82, 2.24) is 15.2 Å². The smallest absolute Gasteiger partial charge is 0.254 e. The largest absolute Gasteiger partial charge is 0.368 e. The number of pyridine rings is 1. The number of anilines is 1. The number of rotatable bonds is 3. The lowest BCUT2D eigenvalue weighted by atomic mass is 10.1. The van der Waals surface area contributed by atoms with Crippen LogP contribution in [0, 0.1) is 0 Å². The Bertz CT molecular complexity index is 839. The first-order valence-corrected chi connectivity index (χ1v) is 7.61. The Labute approximate surface area is 132 Å². The molecule has 0 spiro atoms. The molecule has 0 saturated carbocycles. The number of hydrogen-bond donors (Lipinski definition) is 2. The van der Waals surface area contributed by atoms with Gasteiger partial charge in [0, 0.05) is 30.0 Å². The SMILES string of the molecule is O=C(Nc1cc2cc(-c3cn[nH]c3)ccc2cn1)C1CCCO1. The summed E-state index contributed by atoms with van der Waals surface area (Å²) in [6.07, 6.45) is 6.73. The monoisotopic (exact) mass is 308 g/mol. The van der Waals surface area contributed by atoms with E-state index in [-0.39, 0.29) is 12.0 Å². The molecule has 1 amide bonds. The fourth-order valence-electron chi connectivity index (χ4n) is 2.79. The van der Waals surface area contributed by atoms with Crippen LogP contribution >= 0.6 is 0 Å². The van der Waals surface area contributed by atoms with Gasteiger partial charge in [0.15, 0.2) is 0 Å². The van der Waals surface area contributed by atoms with Crippen molar-refractivity contribution in [2.24, 2.45) is 0 Å². The Kier molecular flexibility index (Phi) is 3.51.